The van der Waals surface area contributed by atoms with Crippen molar-refractivity contribution in [3.63, 3.8) is 0 Å². The van der Waals surface area contributed by atoms with Gasteiger partial charge in [-0.1, -0.05) is 6.07 Å². The molecular formula is C18H30FIN4O2. The van der Waals surface area contributed by atoms with Gasteiger partial charge in [-0.3, -0.25) is 4.90 Å². The summed E-state index contributed by atoms with van der Waals surface area (Å²) in [5, 5.41) is 6.59. The van der Waals surface area contributed by atoms with Gasteiger partial charge in [0.05, 0.1) is 26.9 Å². The number of hydrogen-bond acceptors (Lipinski definition) is 4. The Morgan fingerprint density at radius 2 is 2.08 bits per heavy atom. The van der Waals surface area contributed by atoms with Crippen molar-refractivity contribution in [2.75, 3.05) is 46.5 Å². The van der Waals surface area contributed by atoms with Crippen molar-refractivity contribution in [3.8, 4) is 5.75 Å². The lowest BCUT2D eigenvalue weighted by atomic mass is 10.2. The molecule has 1 aliphatic heterocycles. The molecule has 1 aromatic carbocycles. The van der Waals surface area contributed by atoms with Crippen LogP contribution in [0.5, 0.6) is 5.75 Å². The molecule has 0 radical (unpaired) electrons. The van der Waals surface area contributed by atoms with E-state index in [0.29, 0.717) is 12.6 Å². The standard InChI is InChI=1S/C18H29FN4O2.HI/c1-4-20-18(21-12-14(2)23-7-9-25-10-8-23)22-13-15-5-6-17(24-3)16(19)11-15;/h5-6,11,14H,4,7-10,12-13H2,1-3H3,(H2,20,21,22);1H. The fraction of sp³-hybridized carbons (Fsp3) is 0.611. The van der Waals surface area contributed by atoms with Crippen LogP contribution in [0.4, 0.5) is 4.39 Å². The first-order valence-corrected chi connectivity index (χ1v) is 8.80. The zero-order chi connectivity index (χ0) is 18.1. The summed E-state index contributed by atoms with van der Waals surface area (Å²) in [7, 11) is 1.46. The van der Waals surface area contributed by atoms with Crippen LogP contribution in [0.3, 0.4) is 0 Å². The molecule has 0 saturated carbocycles. The highest BCUT2D eigenvalue weighted by Gasteiger charge is 2.17. The van der Waals surface area contributed by atoms with Gasteiger partial charge in [0.1, 0.15) is 0 Å². The van der Waals surface area contributed by atoms with E-state index in [2.05, 4.69) is 27.4 Å². The Morgan fingerprint density at radius 1 is 1.35 bits per heavy atom. The molecule has 2 N–H and O–H groups in total. The summed E-state index contributed by atoms with van der Waals surface area (Å²) in [6, 6.07) is 5.31. The lowest BCUT2D eigenvalue weighted by Crippen LogP contribution is -2.49. The quantitative estimate of drug-likeness (QED) is 0.356. The van der Waals surface area contributed by atoms with E-state index in [1.165, 1.54) is 13.2 Å². The second kappa shape index (κ2) is 12.3. The van der Waals surface area contributed by atoms with Crippen LogP contribution in [0.1, 0.15) is 19.4 Å². The maximum atomic E-state index is 13.8. The molecule has 0 aliphatic carbocycles. The first-order chi connectivity index (χ1) is 12.1. The summed E-state index contributed by atoms with van der Waals surface area (Å²) >= 11 is 0. The summed E-state index contributed by atoms with van der Waals surface area (Å²) in [4.78, 5) is 6.94. The lowest BCUT2D eigenvalue weighted by Gasteiger charge is -2.32. The van der Waals surface area contributed by atoms with Gasteiger partial charge >= 0.3 is 0 Å². The number of benzene rings is 1. The van der Waals surface area contributed by atoms with Gasteiger partial charge in [-0.2, -0.15) is 0 Å². The second-order valence-corrected chi connectivity index (χ2v) is 6.04. The average Bonchev–Trinajstić information content (AvgIpc) is 2.64. The van der Waals surface area contributed by atoms with Crippen LogP contribution < -0.4 is 15.4 Å². The van der Waals surface area contributed by atoms with E-state index in [1.807, 2.05) is 13.0 Å². The van der Waals surface area contributed by atoms with Gasteiger partial charge in [-0.25, -0.2) is 9.38 Å². The lowest BCUT2D eigenvalue weighted by molar-refractivity contribution is 0.0211. The molecule has 1 atom stereocenters. The van der Waals surface area contributed by atoms with E-state index < -0.39 is 0 Å². The van der Waals surface area contributed by atoms with E-state index in [4.69, 9.17) is 9.47 Å². The summed E-state index contributed by atoms with van der Waals surface area (Å²) in [5.41, 5.74) is 0.803. The normalized spacial score (nSPS) is 16.5. The minimum absolute atomic E-state index is 0. The minimum atomic E-state index is -0.367. The maximum Gasteiger partial charge on any atom is 0.191 e. The number of hydrogen-bond donors (Lipinski definition) is 2. The number of guanidine groups is 1. The average molecular weight is 480 g/mol. The number of rotatable bonds is 7. The van der Waals surface area contributed by atoms with Crippen LogP contribution in [0.25, 0.3) is 0 Å². The SMILES string of the molecule is CCNC(=NCc1ccc(OC)c(F)c1)NCC(C)N1CCOCC1.I. The number of aliphatic imine (C=N–C) groups is 1. The van der Waals surface area contributed by atoms with Crippen LogP contribution in [-0.4, -0.2) is 63.4 Å². The molecule has 8 heteroatoms. The smallest absolute Gasteiger partial charge is 0.191 e. The van der Waals surface area contributed by atoms with Crippen LogP contribution in [0, 0.1) is 5.82 Å². The highest BCUT2D eigenvalue weighted by molar-refractivity contribution is 14.0. The van der Waals surface area contributed by atoms with Gasteiger partial charge in [0.2, 0.25) is 0 Å². The topological polar surface area (TPSA) is 58.1 Å². The predicted octanol–water partition coefficient (Wildman–Crippen LogP) is 2.23. The number of morpholine rings is 1. The first-order valence-electron chi connectivity index (χ1n) is 8.80. The van der Waals surface area contributed by atoms with Gasteiger partial charge < -0.3 is 20.1 Å². The summed E-state index contributed by atoms with van der Waals surface area (Å²) < 4.78 is 24.1. The number of nitrogens with zero attached hydrogens (tertiary/aromatic N) is 2. The molecule has 2 rings (SSSR count). The van der Waals surface area contributed by atoms with Crippen molar-refractivity contribution < 1.29 is 13.9 Å². The maximum absolute atomic E-state index is 13.8. The number of halogens is 2. The Bertz CT molecular complexity index is 568. The predicted molar refractivity (Wildman–Crippen MR) is 113 cm³/mol. The molecule has 1 aromatic rings. The van der Waals surface area contributed by atoms with Gasteiger partial charge in [0.25, 0.3) is 0 Å². The molecule has 0 spiro atoms. The minimum Gasteiger partial charge on any atom is -0.494 e. The fourth-order valence-corrected chi connectivity index (χ4v) is 2.71. The molecule has 26 heavy (non-hydrogen) atoms. The molecule has 1 saturated heterocycles. The van der Waals surface area contributed by atoms with E-state index in [-0.39, 0.29) is 35.5 Å². The monoisotopic (exact) mass is 480 g/mol. The zero-order valence-corrected chi connectivity index (χ0v) is 18.1. The van der Waals surface area contributed by atoms with Crippen LogP contribution in [0.15, 0.2) is 23.2 Å². The molecule has 1 heterocycles. The first kappa shape index (κ1) is 22.9. The Hall–Kier alpha value is -1.13. The van der Waals surface area contributed by atoms with Crippen LogP contribution in [-0.2, 0) is 11.3 Å². The van der Waals surface area contributed by atoms with Gasteiger partial charge in [0, 0.05) is 32.2 Å². The molecule has 0 aromatic heterocycles. The third-order valence-corrected chi connectivity index (χ3v) is 4.21. The summed E-state index contributed by atoms with van der Waals surface area (Å²) in [6.07, 6.45) is 0. The third kappa shape index (κ3) is 7.24. The third-order valence-electron chi connectivity index (χ3n) is 4.21. The molecule has 1 fully saturated rings. The number of nitrogens with one attached hydrogen (secondary N) is 2. The van der Waals surface area contributed by atoms with Gasteiger partial charge in [-0.15, -0.1) is 24.0 Å². The van der Waals surface area contributed by atoms with E-state index >= 15 is 0 Å². The van der Waals surface area contributed by atoms with Crippen molar-refractivity contribution >= 4 is 29.9 Å². The van der Waals surface area contributed by atoms with E-state index in [0.717, 1.165) is 50.9 Å². The fourth-order valence-electron chi connectivity index (χ4n) is 2.71. The van der Waals surface area contributed by atoms with Crippen molar-refractivity contribution in [3.05, 3.63) is 29.6 Å². The van der Waals surface area contributed by atoms with Gasteiger partial charge in [0.15, 0.2) is 17.5 Å². The van der Waals surface area contributed by atoms with Crippen LogP contribution >= 0.6 is 24.0 Å². The summed E-state index contributed by atoms with van der Waals surface area (Å²) in [5.74, 6) is 0.616. The second-order valence-electron chi connectivity index (χ2n) is 6.04. The molecule has 148 valence electrons. The molecular weight excluding hydrogens is 450 g/mol. The Kier molecular flexibility index (Phi) is 10.8. The van der Waals surface area contributed by atoms with Crippen molar-refractivity contribution in [2.24, 2.45) is 4.99 Å². The highest BCUT2D eigenvalue weighted by Crippen LogP contribution is 2.18. The van der Waals surface area contributed by atoms with Crippen molar-refractivity contribution in [2.45, 2.75) is 26.4 Å². The highest BCUT2D eigenvalue weighted by atomic mass is 127. The van der Waals surface area contributed by atoms with Crippen molar-refractivity contribution in [1.82, 2.24) is 15.5 Å². The number of ether oxygens (including phenoxy) is 2. The van der Waals surface area contributed by atoms with E-state index in [1.54, 1.807) is 6.07 Å². The molecule has 0 bridgehead atoms. The molecule has 1 unspecified atom stereocenters. The molecule has 0 amide bonds. The number of methoxy groups -OCH3 is 1. The van der Waals surface area contributed by atoms with Gasteiger partial charge in [-0.05, 0) is 31.5 Å². The molecule has 6 nitrogen and oxygen atoms in total. The Balaban J connectivity index is 0.00000338. The van der Waals surface area contributed by atoms with Crippen LogP contribution in [0.2, 0.25) is 0 Å². The Labute approximate surface area is 172 Å². The zero-order valence-electron chi connectivity index (χ0n) is 15.8. The van der Waals surface area contributed by atoms with E-state index in [9.17, 15) is 4.39 Å². The largest absolute Gasteiger partial charge is 0.494 e. The summed E-state index contributed by atoms with van der Waals surface area (Å²) in [6.45, 7) is 9.70. The Morgan fingerprint density at radius 3 is 2.69 bits per heavy atom. The molecule has 1 aliphatic rings. The van der Waals surface area contributed by atoms with Crippen molar-refractivity contribution in [1.29, 1.82) is 0 Å².